The highest BCUT2D eigenvalue weighted by Gasteiger charge is 2.37. The summed E-state index contributed by atoms with van der Waals surface area (Å²) in [4.78, 5) is 15.6. The number of carbonyl (C=O) groups excluding carboxylic acids is 1. The monoisotopic (exact) mass is 416 g/mol. The number of fused-ring (bicyclic) bond motifs is 1. The molecular weight excluding hydrogens is 388 g/mol. The minimum Gasteiger partial charge on any atom is -0.497 e. The van der Waals surface area contributed by atoms with Crippen molar-refractivity contribution in [2.24, 2.45) is 11.8 Å². The molecule has 2 aromatic rings. The average Bonchev–Trinajstić information content (AvgIpc) is 2.70. The van der Waals surface area contributed by atoms with Crippen LogP contribution in [-0.2, 0) is 11.3 Å². The lowest BCUT2D eigenvalue weighted by Gasteiger charge is -2.40. The lowest BCUT2D eigenvalue weighted by Crippen LogP contribution is -2.51. The summed E-state index contributed by atoms with van der Waals surface area (Å²) in [5.41, 5.74) is 2.18. The third-order valence-corrected chi connectivity index (χ3v) is 5.99. The van der Waals surface area contributed by atoms with Crippen molar-refractivity contribution in [1.29, 1.82) is 0 Å². The zero-order valence-electron chi connectivity index (χ0n) is 17.0. The number of amides is 1. The van der Waals surface area contributed by atoms with Crippen molar-refractivity contribution in [3.05, 3.63) is 59.7 Å². The number of methoxy groups -OCH3 is 1. The van der Waals surface area contributed by atoms with E-state index in [1.54, 1.807) is 7.11 Å². The number of carbonyl (C=O) groups is 1. The van der Waals surface area contributed by atoms with Gasteiger partial charge in [-0.15, -0.1) is 12.4 Å². The van der Waals surface area contributed by atoms with Crippen molar-refractivity contribution in [3.63, 3.8) is 0 Å². The Morgan fingerprint density at radius 2 is 2.00 bits per heavy atom. The molecule has 0 aromatic heterocycles. The fraction of sp³-hybridized carbons (Fsp3) is 0.435. The number of hydrogen-bond acceptors (Lipinski definition) is 4. The third-order valence-electron chi connectivity index (χ3n) is 5.99. The minimum atomic E-state index is -0.0120. The molecule has 1 N–H and O–H groups in total. The number of nitrogens with zero attached hydrogens (tertiary/aromatic N) is 1. The number of halogens is 1. The molecule has 2 aliphatic rings. The molecule has 0 radical (unpaired) electrons. The van der Waals surface area contributed by atoms with Gasteiger partial charge in [-0.2, -0.15) is 0 Å². The van der Waals surface area contributed by atoms with Gasteiger partial charge in [0.25, 0.3) is 0 Å². The van der Waals surface area contributed by atoms with Crippen LogP contribution >= 0.6 is 12.4 Å². The van der Waals surface area contributed by atoms with E-state index in [9.17, 15) is 4.79 Å². The van der Waals surface area contributed by atoms with E-state index in [1.165, 1.54) is 0 Å². The van der Waals surface area contributed by atoms with Crippen LogP contribution in [0.3, 0.4) is 0 Å². The summed E-state index contributed by atoms with van der Waals surface area (Å²) in [6, 6.07) is 16.1. The third kappa shape index (κ3) is 4.51. The molecular formula is C23H29ClN2O3. The van der Waals surface area contributed by atoms with Gasteiger partial charge < -0.3 is 19.7 Å². The fourth-order valence-electron chi connectivity index (χ4n) is 4.05. The SMILES string of the molecule is COc1ccc2c(c1)C(N(Cc1ccccc1)C(=O)C(C)C1CNC1)CCO2.Cl. The Morgan fingerprint density at radius 1 is 1.24 bits per heavy atom. The Kier molecular flexibility index (Phi) is 7.04. The molecule has 2 atom stereocenters. The maximum Gasteiger partial charge on any atom is 0.226 e. The predicted molar refractivity (Wildman–Crippen MR) is 116 cm³/mol. The second kappa shape index (κ2) is 9.51. The molecule has 6 heteroatoms. The Hall–Kier alpha value is -2.24. The van der Waals surface area contributed by atoms with Gasteiger partial charge in [0.2, 0.25) is 5.91 Å². The average molecular weight is 417 g/mol. The van der Waals surface area contributed by atoms with Crippen molar-refractivity contribution in [2.75, 3.05) is 26.8 Å². The molecule has 29 heavy (non-hydrogen) atoms. The van der Waals surface area contributed by atoms with E-state index in [1.807, 2.05) is 36.4 Å². The van der Waals surface area contributed by atoms with Gasteiger partial charge in [0.05, 0.1) is 19.8 Å². The molecule has 1 fully saturated rings. The maximum absolute atomic E-state index is 13.6. The van der Waals surface area contributed by atoms with E-state index < -0.39 is 0 Å². The van der Waals surface area contributed by atoms with Gasteiger partial charge in [0.15, 0.2) is 0 Å². The predicted octanol–water partition coefficient (Wildman–Crippen LogP) is 3.82. The van der Waals surface area contributed by atoms with Crippen LogP contribution in [0.15, 0.2) is 48.5 Å². The van der Waals surface area contributed by atoms with Crippen LogP contribution in [0.4, 0.5) is 0 Å². The van der Waals surface area contributed by atoms with Gasteiger partial charge in [-0.25, -0.2) is 0 Å². The van der Waals surface area contributed by atoms with Crippen LogP contribution < -0.4 is 14.8 Å². The normalized spacial score (nSPS) is 19.0. The maximum atomic E-state index is 13.6. The number of ether oxygens (including phenoxy) is 2. The molecule has 0 saturated carbocycles. The molecule has 156 valence electrons. The van der Waals surface area contributed by atoms with E-state index in [4.69, 9.17) is 9.47 Å². The molecule has 2 heterocycles. The second-order valence-corrected chi connectivity index (χ2v) is 7.72. The van der Waals surface area contributed by atoms with Crippen LogP contribution in [0.1, 0.15) is 30.5 Å². The van der Waals surface area contributed by atoms with Gasteiger partial charge in [-0.1, -0.05) is 37.3 Å². The van der Waals surface area contributed by atoms with Gasteiger partial charge in [0, 0.05) is 24.4 Å². The summed E-state index contributed by atoms with van der Waals surface area (Å²) in [5, 5.41) is 3.29. The molecule has 0 aliphatic carbocycles. The highest BCUT2D eigenvalue weighted by Crippen LogP contribution is 2.40. The van der Waals surface area contributed by atoms with Gasteiger partial charge >= 0.3 is 0 Å². The van der Waals surface area contributed by atoms with E-state index >= 15 is 0 Å². The van der Waals surface area contributed by atoms with E-state index in [-0.39, 0.29) is 30.3 Å². The Morgan fingerprint density at radius 3 is 2.66 bits per heavy atom. The smallest absolute Gasteiger partial charge is 0.226 e. The molecule has 4 rings (SSSR count). The summed E-state index contributed by atoms with van der Waals surface area (Å²) < 4.78 is 11.3. The number of nitrogens with one attached hydrogen (secondary N) is 1. The first-order valence-corrected chi connectivity index (χ1v) is 10.0. The van der Waals surface area contributed by atoms with Crippen LogP contribution in [0.2, 0.25) is 0 Å². The Labute approximate surface area is 178 Å². The molecule has 2 aliphatic heterocycles. The van der Waals surface area contributed by atoms with Crippen molar-refractivity contribution >= 4 is 18.3 Å². The van der Waals surface area contributed by atoms with E-state index in [0.717, 1.165) is 42.1 Å². The second-order valence-electron chi connectivity index (χ2n) is 7.72. The van der Waals surface area contributed by atoms with Gasteiger partial charge in [0.1, 0.15) is 11.5 Å². The van der Waals surface area contributed by atoms with Gasteiger partial charge in [-0.3, -0.25) is 4.79 Å². The molecule has 1 amide bonds. The first kappa shape index (κ1) is 21.5. The van der Waals surface area contributed by atoms with Crippen molar-refractivity contribution < 1.29 is 14.3 Å². The van der Waals surface area contributed by atoms with Crippen LogP contribution in [0.25, 0.3) is 0 Å². The Balaban J connectivity index is 0.00000240. The minimum absolute atomic E-state index is 0. The first-order valence-electron chi connectivity index (χ1n) is 10.0. The summed E-state index contributed by atoms with van der Waals surface area (Å²) >= 11 is 0. The highest BCUT2D eigenvalue weighted by molar-refractivity contribution is 5.85. The van der Waals surface area contributed by atoms with Gasteiger partial charge in [-0.05, 0) is 42.8 Å². The zero-order valence-corrected chi connectivity index (χ0v) is 17.8. The lowest BCUT2D eigenvalue weighted by molar-refractivity contribution is -0.141. The zero-order chi connectivity index (χ0) is 19.5. The van der Waals surface area contributed by atoms with Crippen molar-refractivity contribution in [1.82, 2.24) is 10.2 Å². The molecule has 2 unspecified atom stereocenters. The standard InChI is InChI=1S/C23H28N2O3.ClH/c1-16(18-13-24-14-18)23(26)25(15-17-6-4-3-5-7-17)21-10-11-28-22-9-8-19(27-2)12-20(21)22;/h3-9,12,16,18,21,24H,10-11,13-15H2,1-2H3;1H. The quantitative estimate of drug-likeness (QED) is 0.777. The van der Waals surface area contributed by atoms with Crippen LogP contribution in [-0.4, -0.2) is 37.6 Å². The molecule has 2 aromatic carbocycles. The van der Waals surface area contributed by atoms with E-state index in [0.29, 0.717) is 19.1 Å². The summed E-state index contributed by atoms with van der Waals surface area (Å²) in [6.45, 7) is 5.12. The molecule has 0 spiro atoms. The Bertz CT molecular complexity index is 826. The fourth-order valence-corrected chi connectivity index (χ4v) is 4.05. The number of rotatable bonds is 6. The summed E-state index contributed by atoms with van der Waals surface area (Å²) in [6.07, 6.45) is 0.786. The lowest BCUT2D eigenvalue weighted by atomic mass is 9.86. The number of benzene rings is 2. The van der Waals surface area contributed by atoms with Crippen molar-refractivity contribution in [3.8, 4) is 11.5 Å². The molecule has 1 saturated heterocycles. The van der Waals surface area contributed by atoms with Crippen molar-refractivity contribution in [2.45, 2.75) is 25.9 Å². The largest absolute Gasteiger partial charge is 0.497 e. The summed E-state index contributed by atoms with van der Waals surface area (Å²) in [7, 11) is 1.67. The number of hydrogen-bond donors (Lipinski definition) is 1. The first-order chi connectivity index (χ1) is 13.7. The highest BCUT2D eigenvalue weighted by atomic mass is 35.5. The van der Waals surface area contributed by atoms with Crippen LogP contribution in [0, 0.1) is 11.8 Å². The van der Waals surface area contributed by atoms with Crippen LogP contribution in [0.5, 0.6) is 11.5 Å². The van der Waals surface area contributed by atoms with E-state index in [2.05, 4.69) is 29.3 Å². The topological polar surface area (TPSA) is 50.8 Å². The molecule has 0 bridgehead atoms. The molecule has 5 nitrogen and oxygen atoms in total. The summed E-state index contributed by atoms with van der Waals surface area (Å²) in [5.74, 6) is 2.27.